The fraction of sp³-hybridized carbons (Fsp3) is 1.00. The van der Waals surface area contributed by atoms with E-state index in [1.165, 1.54) is 51.6 Å². The van der Waals surface area contributed by atoms with Crippen LogP contribution in [0.1, 0.15) is 80.1 Å². The monoisotopic (exact) mass is 253 g/mol. The minimum atomic E-state index is 0.344. The molecule has 1 aliphatic heterocycles. The molecule has 0 bridgehead atoms. The predicted octanol–water partition coefficient (Wildman–Crippen LogP) is 5.10. The second-order valence-electron chi connectivity index (χ2n) is 8.21. The molecule has 0 N–H and O–H groups in total. The van der Waals surface area contributed by atoms with Gasteiger partial charge in [-0.25, -0.2) is 0 Å². The second kappa shape index (κ2) is 6.41. The molecule has 18 heavy (non-hydrogen) atoms. The Morgan fingerprint density at radius 3 is 1.83 bits per heavy atom. The summed E-state index contributed by atoms with van der Waals surface area (Å²) < 4.78 is 0. The van der Waals surface area contributed by atoms with Crippen LogP contribution in [0.25, 0.3) is 0 Å². The van der Waals surface area contributed by atoms with E-state index in [0.717, 1.165) is 5.92 Å². The van der Waals surface area contributed by atoms with Crippen molar-refractivity contribution in [3.8, 4) is 0 Å². The van der Waals surface area contributed by atoms with Crippen molar-refractivity contribution in [2.45, 2.75) is 85.6 Å². The van der Waals surface area contributed by atoms with Crippen LogP contribution in [0.4, 0.5) is 0 Å². The van der Waals surface area contributed by atoms with E-state index in [-0.39, 0.29) is 0 Å². The molecule has 0 spiro atoms. The average molecular weight is 253 g/mol. The van der Waals surface area contributed by atoms with E-state index in [2.05, 4.69) is 46.4 Å². The van der Waals surface area contributed by atoms with Gasteiger partial charge < -0.3 is 0 Å². The molecule has 0 aromatic rings. The minimum absolute atomic E-state index is 0.344. The lowest BCUT2D eigenvalue weighted by Crippen LogP contribution is -2.43. The SMILES string of the molecule is CC(C)(C)C1CCCCCN(C(C)(C)C)CCC1. The highest BCUT2D eigenvalue weighted by Gasteiger charge is 2.26. The molecule has 108 valence electrons. The van der Waals surface area contributed by atoms with Crippen LogP contribution >= 0.6 is 0 Å². The Labute approximate surface area is 115 Å². The summed E-state index contributed by atoms with van der Waals surface area (Å²) in [6.45, 7) is 16.9. The zero-order valence-corrected chi connectivity index (χ0v) is 13.7. The molecule has 1 atom stereocenters. The van der Waals surface area contributed by atoms with Crippen molar-refractivity contribution in [1.29, 1.82) is 0 Å². The van der Waals surface area contributed by atoms with Crippen LogP contribution in [0, 0.1) is 11.3 Å². The first-order valence-corrected chi connectivity index (χ1v) is 7.96. The van der Waals surface area contributed by atoms with Gasteiger partial charge in [0.2, 0.25) is 0 Å². The zero-order chi connectivity index (χ0) is 13.8. The molecule has 1 unspecified atom stereocenters. The predicted molar refractivity (Wildman–Crippen MR) is 82.0 cm³/mol. The summed E-state index contributed by atoms with van der Waals surface area (Å²) in [5.41, 5.74) is 0.836. The van der Waals surface area contributed by atoms with Crippen LogP contribution in [0.2, 0.25) is 0 Å². The molecular weight excluding hydrogens is 218 g/mol. The van der Waals surface area contributed by atoms with Gasteiger partial charge in [0.15, 0.2) is 0 Å². The fourth-order valence-electron chi connectivity index (χ4n) is 3.19. The van der Waals surface area contributed by atoms with Gasteiger partial charge in [-0.1, -0.05) is 33.6 Å². The van der Waals surface area contributed by atoms with E-state index in [4.69, 9.17) is 0 Å². The minimum Gasteiger partial charge on any atom is -0.298 e. The summed E-state index contributed by atoms with van der Waals surface area (Å²) in [6.07, 6.45) is 8.46. The summed E-state index contributed by atoms with van der Waals surface area (Å²) in [5, 5.41) is 0. The van der Waals surface area contributed by atoms with Crippen LogP contribution < -0.4 is 0 Å². The van der Waals surface area contributed by atoms with Crippen molar-refractivity contribution in [3.05, 3.63) is 0 Å². The van der Waals surface area contributed by atoms with Gasteiger partial charge in [0.05, 0.1) is 0 Å². The molecule has 0 radical (unpaired) electrons. The normalized spacial score (nSPS) is 26.0. The number of hydrogen-bond donors (Lipinski definition) is 0. The molecule has 1 heterocycles. The highest BCUT2D eigenvalue weighted by Crippen LogP contribution is 2.34. The third-order valence-corrected chi connectivity index (χ3v) is 4.63. The molecule has 0 aromatic heterocycles. The summed E-state index contributed by atoms with van der Waals surface area (Å²) in [7, 11) is 0. The van der Waals surface area contributed by atoms with Crippen LogP contribution in [0.5, 0.6) is 0 Å². The first kappa shape index (κ1) is 16.0. The van der Waals surface area contributed by atoms with E-state index in [1.54, 1.807) is 0 Å². The van der Waals surface area contributed by atoms with E-state index >= 15 is 0 Å². The molecule has 1 rings (SSSR count). The maximum Gasteiger partial charge on any atom is 0.0125 e. The molecule has 0 aromatic carbocycles. The molecule has 1 fully saturated rings. The van der Waals surface area contributed by atoms with Crippen molar-refractivity contribution >= 4 is 0 Å². The third kappa shape index (κ3) is 5.30. The quantitative estimate of drug-likeness (QED) is 0.580. The van der Waals surface area contributed by atoms with Gasteiger partial charge in [0, 0.05) is 5.54 Å². The fourth-order valence-corrected chi connectivity index (χ4v) is 3.19. The molecule has 0 aliphatic carbocycles. The smallest absolute Gasteiger partial charge is 0.0125 e. The highest BCUT2D eigenvalue weighted by molar-refractivity contribution is 4.80. The van der Waals surface area contributed by atoms with Gasteiger partial charge in [-0.15, -0.1) is 0 Å². The topological polar surface area (TPSA) is 3.24 Å². The van der Waals surface area contributed by atoms with Crippen LogP contribution in [0.3, 0.4) is 0 Å². The van der Waals surface area contributed by atoms with Gasteiger partial charge in [-0.3, -0.25) is 4.90 Å². The van der Waals surface area contributed by atoms with Gasteiger partial charge in [0.1, 0.15) is 0 Å². The first-order valence-electron chi connectivity index (χ1n) is 7.96. The van der Waals surface area contributed by atoms with Gasteiger partial charge in [0.25, 0.3) is 0 Å². The molecule has 0 saturated carbocycles. The van der Waals surface area contributed by atoms with Crippen LogP contribution in [-0.2, 0) is 0 Å². The Kier molecular flexibility index (Phi) is 5.70. The van der Waals surface area contributed by atoms with Crippen molar-refractivity contribution in [2.24, 2.45) is 11.3 Å². The number of rotatable bonds is 0. The van der Waals surface area contributed by atoms with E-state index in [0.29, 0.717) is 11.0 Å². The van der Waals surface area contributed by atoms with Crippen molar-refractivity contribution in [1.82, 2.24) is 4.90 Å². The molecule has 0 amide bonds. The Morgan fingerprint density at radius 2 is 1.28 bits per heavy atom. The Bertz CT molecular complexity index is 207. The van der Waals surface area contributed by atoms with Gasteiger partial charge >= 0.3 is 0 Å². The maximum atomic E-state index is 2.69. The van der Waals surface area contributed by atoms with E-state index in [9.17, 15) is 0 Å². The molecule has 1 aliphatic rings. The van der Waals surface area contributed by atoms with Crippen molar-refractivity contribution < 1.29 is 0 Å². The molecule has 1 saturated heterocycles. The summed E-state index contributed by atoms with van der Waals surface area (Å²) >= 11 is 0. The van der Waals surface area contributed by atoms with Crippen molar-refractivity contribution in [2.75, 3.05) is 13.1 Å². The third-order valence-electron chi connectivity index (χ3n) is 4.63. The largest absolute Gasteiger partial charge is 0.298 e. The zero-order valence-electron chi connectivity index (χ0n) is 13.7. The summed E-state index contributed by atoms with van der Waals surface area (Å²) in [5.74, 6) is 0.914. The van der Waals surface area contributed by atoms with Crippen molar-refractivity contribution in [3.63, 3.8) is 0 Å². The second-order valence-corrected chi connectivity index (χ2v) is 8.21. The number of nitrogens with zero attached hydrogens (tertiary/aromatic N) is 1. The molecule has 1 heteroatoms. The Hall–Kier alpha value is -0.0400. The van der Waals surface area contributed by atoms with Gasteiger partial charge in [-0.2, -0.15) is 0 Å². The van der Waals surface area contributed by atoms with E-state index < -0.39 is 0 Å². The first-order chi connectivity index (χ1) is 8.21. The Balaban J connectivity index is 2.58. The van der Waals surface area contributed by atoms with Crippen LogP contribution in [0.15, 0.2) is 0 Å². The lowest BCUT2D eigenvalue weighted by Gasteiger charge is -2.38. The lowest BCUT2D eigenvalue weighted by molar-refractivity contribution is 0.113. The summed E-state index contributed by atoms with van der Waals surface area (Å²) in [6, 6.07) is 0. The van der Waals surface area contributed by atoms with Gasteiger partial charge in [-0.05, 0) is 70.9 Å². The number of hydrogen-bond acceptors (Lipinski definition) is 1. The Morgan fingerprint density at radius 1 is 0.722 bits per heavy atom. The highest BCUT2D eigenvalue weighted by atomic mass is 15.2. The maximum absolute atomic E-state index is 2.69. The summed E-state index contributed by atoms with van der Waals surface area (Å²) in [4.78, 5) is 2.69. The van der Waals surface area contributed by atoms with E-state index in [1.807, 2.05) is 0 Å². The molecule has 1 nitrogen and oxygen atoms in total. The standard InChI is InChI=1S/C17H35N/c1-16(2,3)15-11-8-7-9-13-18(14-10-12-15)17(4,5)6/h15H,7-14H2,1-6H3. The average Bonchev–Trinajstić information content (AvgIpc) is 2.22. The van der Waals surface area contributed by atoms with Crippen LogP contribution in [-0.4, -0.2) is 23.5 Å². The molecular formula is C17H35N. The lowest BCUT2D eigenvalue weighted by atomic mass is 9.75.